The molecule has 0 amide bonds. The van der Waals surface area contributed by atoms with Gasteiger partial charge in [0.1, 0.15) is 11.4 Å². The van der Waals surface area contributed by atoms with Gasteiger partial charge in [0.2, 0.25) is 4.96 Å². The van der Waals surface area contributed by atoms with Gasteiger partial charge in [0.25, 0.3) is 5.56 Å². The highest BCUT2D eigenvalue weighted by Crippen LogP contribution is 2.29. The number of nitrogens with zero attached hydrogens (tertiary/aromatic N) is 6. The van der Waals surface area contributed by atoms with Gasteiger partial charge in [0.05, 0.1) is 16.8 Å². The summed E-state index contributed by atoms with van der Waals surface area (Å²) in [7, 11) is 0. The van der Waals surface area contributed by atoms with E-state index >= 15 is 0 Å². The Hall–Kier alpha value is -4.63. The Bertz CT molecular complexity index is 1820. The number of rotatable bonds is 6. The molecule has 9 heteroatoms. The Morgan fingerprint density at radius 1 is 1.00 bits per heavy atom. The molecule has 0 unspecified atom stereocenters. The number of pyridine rings is 1. The van der Waals surface area contributed by atoms with E-state index in [1.807, 2.05) is 85.4 Å². The number of aromatic nitrogens is 6. The lowest BCUT2D eigenvalue weighted by Crippen LogP contribution is -2.23. The van der Waals surface area contributed by atoms with E-state index in [1.54, 1.807) is 12.4 Å². The summed E-state index contributed by atoms with van der Waals surface area (Å²) >= 11 is 1.30. The molecule has 182 valence electrons. The molecular weight excluding hydrogens is 484 g/mol. The van der Waals surface area contributed by atoms with Gasteiger partial charge in [-0.1, -0.05) is 29.5 Å². The van der Waals surface area contributed by atoms with Gasteiger partial charge < -0.3 is 4.74 Å². The van der Waals surface area contributed by atoms with E-state index in [-0.39, 0.29) is 5.56 Å². The molecule has 0 N–H and O–H groups in total. The van der Waals surface area contributed by atoms with Crippen LogP contribution in [0.3, 0.4) is 0 Å². The molecule has 0 spiro atoms. The summed E-state index contributed by atoms with van der Waals surface area (Å²) < 4.78 is 9.44. The van der Waals surface area contributed by atoms with E-state index in [1.165, 1.54) is 15.9 Å². The minimum Gasteiger partial charge on any atom is -0.494 e. The molecule has 37 heavy (non-hydrogen) atoms. The molecule has 0 saturated carbocycles. The van der Waals surface area contributed by atoms with Crippen LogP contribution in [0.4, 0.5) is 0 Å². The highest BCUT2D eigenvalue weighted by atomic mass is 32.1. The summed E-state index contributed by atoms with van der Waals surface area (Å²) in [6.07, 6.45) is 7.16. The SMILES string of the molecule is CCOc1ccc(-c2nn(-c3ccccc3)cc2/C=c2/sc3nc(-c4ccncc4)nn3c2=O)cc1C. The van der Waals surface area contributed by atoms with Gasteiger partial charge in [-0.2, -0.15) is 14.6 Å². The molecule has 0 aliphatic heterocycles. The quantitative estimate of drug-likeness (QED) is 0.334. The van der Waals surface area contributed by atoms with Gasteiger partial charge in [-0.25, -0.2) is 4.68 Å². The number of benzene rings is 2. The predicted molar refractivity (Wildman–Crippen MR) is 144 cm³/mol. The summed E-state index contributed by atoms with van der Waals surface area (Å²) in [5.41, 5.74) is 5.08. The Morgan fingerprint density at radius 3 is 2.54 bits per heavy atom. The first kappa shape index (κ1) is 22.8. The van der Waals surface area contributed by atoms with Crippen molar-refractivity contribution in [2.45, 2.75) is 13.8 Å². The number of hydrogen-bond donors (Lipinski definition) is 0. The van der Waals surface area contributed by atoms with Gasteiger partial charge in [-0.3, -0.25) is 9.78 Å². The summed E-state index contributed by atoms with van der Waals surface area (Å²) in [4.78, 5) is 22.4. The number of thiazole rings is 1. The molecule has 0 aliphatic rings. The first-order valence-corrected chi connectivity index (χ1v) is 12.6. The third kappa shape index (κ3) is 4.30. The van der Waals surface area contributed by atoms with E-state index in [2.05, 4.69) is 21.1 Å². The normalized spacial score (nSPS) is 11.9. The number of hydrogen-bond acceptors (Lipinski definition) is 7. The fourth-order valence-corrected chi connectivity index (χ4v) is 5.04. The Labute approximate surface area is 216 Å². The van der Waals surface area contributed by atoms with Crippen LogP contribution < -0.4 is 14.8 Å². The summed E-state index contributed by atoms with van der Waals surface area (Å²) in [6, 6.07) is 19.5. The van der Waals surface area contributed by atoms with Crippen molar-refractivity contribution in [3.63, 3.8) is 0 Å². The average Bonchev–Trinajstić information content (AvgIpc) is 3.62. The fraction of sp³-hybridized carbons (Fsp3) is 0.107. The zero-order valence-electron chi connectivity index (χ0n) is 20.2. The first-order valence-electron chi connectivity index (χ1n) is 11.8. The van der Waals surface area contributed by atoms with Crippen molar-refractivity contribution in [1.82, 2.24) is 29.4 Å². The van der Waals surface area contributed by atoms with Crippen molar-refractivity contribution in [3.05, 3.63) is 105 Å². The summed E-state index contributed by atoms with van der Waals surface area (Å²) in [5, 5.41) is 9.33. The topological polar surface area (TPSA) is 87.2 Å². The van der Waals surface area contributed by atoms with Crippen LogP contribution in [0.1, 0.15) is 18.1 Å². The molecule has 0 atom stereocenters. The Morgan fingerprint density at radius 2 is 1.81 bits per heavy atom. The minimum absolute atomic E-state index is 0.214. The van der Waals surface area contributed by atoms with Crippen LogP contribution in [0.5, 0.6) is 5.75 Å². The van der Waals surface area contributed by atoms with Gasteiger partial charge in [0.15, 0.2) is 5.82 Å². The minimum atomic E-state index is -0.214. The zero-order valence-corrected chi connectivity index (χ0v) is 21.0. The second kappa shape index (κ2) is 9.44. The number of para-hydroxylation sites is 1. The maximum atomic E-state index is 13.3. The lowest BCUT2D eigenvalue weighted by molar-refractivity contribution is 0.338. The average molecular weight is 507 g/mol. The summed E-state index contributed by atoms with van der Waals surface area (Å²) in [5.74, 6) is 1.34. The molecular formula is C28H22N6O2S. The Balaban J connectivity index is 1.48. The number of ether oxygens (including phenoxy) is 1. The van der Waals surface area contributed by atoms with Gasteiger partial charge >= 0.3 is 0 Å². The van der Waals surface area contributed by atoms with Crippen LogP contribution in [0, 0.1) is 6.92 Å². The second-order valence-corrected chi connectivity index (χ2v) is 9.42. The first-order chi connectivity index (χ1) is 18.1. The molecule has 0 bridgehead atoms. The van der Waals surface area contributed by atoms with E-state index in [9.17, 15) is 4.79 Å². The van der Waals surface area contributed by atoms with Crippen LogP contribution in [-0.4, -0.2) is 36.0 Å². The molecule has 0 aliphatic carbocycles. The van der Waals surface area contributed by atoms with E-state index < -0.39 is 0 Å². The molecule has 4 heterocycles. The van der Waals surface area contributed by atoms with Crippen molar-refractivity contribution in [2.24, 2.45) is 0 Å². The van der Waals surface area contributed by atoms with Gasteiger partial charge in [-0.15, -0.1) is 5.10 Å². The Kier molecular flexibility index (Phi) is 5.82. The van der Waals surface area contributed by atoms with E-state index in [4.69, 9.17) is 9.84 Å². The van der Waals surface area contributed by atoms with Crippen molar-refractivity contribution < 1.29 is 4.74 Å². The predicted octanol–water partition coefficient (Wildman–Crippen LogP) is 4.32. The van der Waals surface area contributed by atoms with Gasteiger partial charge in [-0.05, 0) is 68.0 Å². The summed E-state index contributed by atoms with van der Waals surface area (Å²) in [6.45, 7) is 4.59. The molecule has 0 saturated heterocycles. The third-order valence-electron chi connectivity index (χ3n) is 5.92. The molecule has 0 fully saturated rings. The maximum absolute atomic E-state index is 13.3. The van der Waals surface area contributed by atoms with Crippen LogP contribution in [-0.2, 0) is 0 Å². The fourth-order valence-electron chi connectivity index (χ4n) is 4.14. The molecule has 8 nitrogen and oxygen atoms in total. The monoisotopic (exact) mass is 506 g/mol. The smallest absolute Gasteiger partial charge is 0.291 e. The molecule has 4 aromatic heterocycles. The van der Waals surface area contributed by atoms with Crippen molar-refractivity contribution in [1.29, 1.82) is 0 Å². The third-order valence-corrected chi connectivity index (χ3v) is 6.88. The van der Waals surface area contributed by atoms with Crippen molar-refractivity contribution in [2.75, 3.05) is 6.61 Å². The van der Waals surface area contributed by atoms with Gasteiger partial charge in [0, 0.05) is 35.3 Å². The van der Waals surface area contributed by atoms with Crippen LogP contribution >= 0.6 is 11.3 Å². The molecule has 0 radical (unpaired) electrons. The van der Waals surface area contributed by atoms with Crippen LogP contribution in [0.2, 0.25) is 0 Å². The largest absolute Gasteiger partial charge is 0.494 e. The zero-order chi connectivity index (χ0) is 25.4. The van der Waals surface area contributed by atoms with Crippen molar-refractivity contribution >= 4 is 22.4 Å². The van der Waals surface area contributed by atoms with Crippen molar-refractivity contribution in [3.8, 4) is 34.1 Å². The molecule has 6 aromatic rings. The number of aryl methyl sites for hydroxylation is 1. The lowest BCUT2D eigenvalue weighted by Gasteiger charge is -2.08. The molecule has 6 rings (SSSR count). The maximum Gasteiger partial charge on any atom is 0.291 e. The lowest BCUT2D eigenvalue weighted by atomic mass is 10.0. The van der Waals surface area contributed by atoms with E-state index in [0.717, 1.165) is 39.4 Å². The second-order valence-electron chi connectivity index (χ2n) is 8.41. The highest BCUT2D eigenvalue weighted by Gasteiger charge is 2.16. The van der Waals surface area contributed by atoms with Crippen LogP contribution in [0.15, 0.2) is 84.0 Å². The van der Waals surface area contributed by atoms with Crippen LogP contribution in [0.25, 0.3) is 39.4 Å². The standard InChI is InChI=1S/C28H22N6O2S/c1-3-36-23-10-9-20(15-18(23)2)25-21(17-33(31-25)22-7-5-4-6-8-22)16-24-27(35)34-28(37-24)30-26(32-34)19-11-13-29-14-12-19/h4-17H,3H2,1-2H3/b24-16+. The number of fused-ring (bicyclic) bond motifs is 1. The van der Waals surface area contributed by atoms with E-state index in [0.29, 0.717) is 21.9 Å². The molecule has 2 aromatic carbocycles. The highest BCUT2D eigenvalue weighted by molar-refractivity contribution is 7.15.